The van der Waals surface area contributed by atoms with Gasteiger partial charge in [-0.25, -0.2) is 0 Å². The molecule has 2 heterocycles. The summed E-state index contributed by atoms with van der Waals surface area (Å²) in [4.78, 5) is 13.2. The first kappa shape index (κ1) is 15.7. The summed E-state index contributed by atoms with van der Waals surface area (Å²) >= 11 is 0. The van der Waals surface area contributed by atoms with E-state index < -0.39 is 0 Å². The predicted octanol–water partition coefficient (Wildman–Crippen LogP) is 3.79. The van der Waals surface area contributed by atoms with Gasteiger partial charge >= 0.3 is 0 Å². The predicted molar refractivity (Wildman–Crippen MR) is 100 cm³/mol. The average molecular weight is 341 g/mol. The van der Waals surface area contributed by atoms with E-state index >= 15 is 0 Å². The highest BCUT2D eigenvalue weighted by Crippen LogP contribution is 2.29. The standard InChI is InChI=1S/C21H15N3O2/c1-26-17-8-6-13(7-9-17)21(25)20-19(23)15(12-22)11-16-10-14-4-2-3-5-18(14)24(16)20/h2-11H,23H2,1H3. The zero-order valence-corrected chi connectivity index (χ0v) is 14.1. The van der Waals surface area contributed by atoms with Crippen molar-refractivity contribution in [2.75, 3.05) is 12.8 Å². The maximum Gasteiger partial charge on any atom is 0.211 e. The summed E-state index contributed by atoms with van der Waals surface area (Å²) in [5.41, 5.74) is 9.09. The Morgan fingerprint density at radius 2 is 1.85 bits per heavy atom. The number of nitrogens with zero attached hydrogens (tertiary/aromatic N) is 2. The Bertz CT molecular complexity index is 1200. The summed E-state index contributed by atoms with van der Waals surface area (Å²) in [7, 11) is 1.57. The number of carbonyl (C=O) groups excluding carboxylic acids is 1. The number of carbonyl (C=O) groups is 1. The van der Waals surface area contributed by atoms with Crippen LogP contribution in [0.25, 0.3) is 16.4 Å². The fourth-order valence-electron chi connectivity index (χ4n) is 3.20. The number of rotatable bonds is 3. The molecule has 0 fully saturated rings. The number of aromatic nitrogens is 1. The van der Waals surface area contributed by atoms with E-state index in [1.165, 1.54) is 0 Å². The molecule has 0 spiro atoms. The van der Waals surface area contributed by atoms with E-state index in [1.807, 2.05) is 34.7 Å². The highest BCUT2D eigenvalue weighted by atomic mass is 16.5. The number of hydrogen-bond donors (Lipinski definition) is 1. The summed E-state index contributed by atoms with van der Waals surface area (Å²) < 4.78 is 6.96. The first-order chi connectivity index (χ1) is 12.6. The number of nitriles is 1. The van der Waals surface area contributed by atoms with E-state index in [4.69, 9.17) is 10.5 Å². The first-order valence-corrected chi connectivity index (χ1v) is 8.05. The lowest BCUT2D eigenvalue weighted by molar-refractivity contribution is 0.103. The van der Waals surface area contributed by atoms with Crippen LogP contribution < -0.4 is 10.5 Å². The van der Waals surface area contributed by atoms with E-state index in [2.05, 4.69) is 6.07 Å². The molecule has 0 aliphatic rings. The first-order valence-electron chi connectivity index (χ1n) is 8.05. The Morgan fingerprint density at radius 3 is 2.54 bits per heavy atom. The molecule has 26 heavy (non-hydrogen) atoms. The van der Waals surface area contributed by atoms with Gasteiger partial charge in [-0.05, 0) is 42.5 Å². The van der Waals surface area contributed by atoms with Crippen LogP contribution in [0.3, 0.4) is 0 Å². The molecule has 2 N–H and O–H groups in total. The lowest BCUT2D eigenvalue weighted by Gasteiger charge is -2.12. The summed E-state index contributed by atoms with van der Waals surface area (Å²) in [6.07, 6.45) is 0. The smallest absolute Gasteiger partial charge is 0.211 e. The van der Waals surface area contributed by atoms with Crippen LogP contribution >= 0.6 is 0 Å². The van der Waals surface area contributed by atoms with Gasteiger partial charge in [-0.3, -0.25) is 4.79 Å². The van der Waals surface area contributed by atoms with Crippen molar-refractivity contribution in [2.45, 2.75) is 0 Å². The second kappa shape index (κ2) is 5.94. The minimum absolute atomic E-state index is 0.183. The lowest BCUT2D eigenvalue weighted by Crippen LogP contribution is -2.13. The zero-order valence-electron chi connectivity index (χ0n) is 14.1. The third kappa shape index (κ3) is 2.28. The molecule has 5 nitrogen and oxygen atoms in total. The van der Waals surface area contributed by atoms with Crippen LogP contribution in [0.2, 0.25) is 0 Å². The van der Waals surface area contributed by atoms with Crippen molar-refractivity contribution in [3.8, 4) is 11.8 Å². The number of anilines is 1. The van der Waals surface area contributed by atoms with Gasteiger partial charge in [0, 0.05) is 16.5 Å². The summed E-state index contributed by atoms with van der Waals surface area (Å²) in [5, 5.41) is 10.4. The highest BCUT2D eigenvalue weighted by Gasteiger charge is 2.21. The van der Waals surface area contributed by atoms with Crippen molar-refractivity contribution in [3.63, 3.8) is 0 Å². The molecule has 0 aliphatic heterocycles. The molecule has 0 saturated heterocycles. The third-order valence-electron chi connectivity index (χ3n) is 4.49. The van der Waals surface area contributed by atoms with E-state index in [0.717, 1.165) is 16.4 Å². The van der Waals surface area contributed by atoms with Crippen LogP contribution in [0.5, 0.6) is 5.75 Å². The molecule has 126 valence electrons. The van der Waals surface area contributed by atoms with Crippen LogP contribution in [0.15, 0.2) is 60.7 Å². The maximum absolute atomic E-state index is 13.2. The SMILES string of the molecule is COc1ccc(C(=O)c2c(N)c(C#N)cc3cc4ccccc4n23)cc1. The van der Waals surface area contributed by atoms with Crippen molar-refractivity contribution in [1.29, 1.82) is 5.26 Å². The van der Waals surface area contributed by atoms with E-state index in [1.54, 1.807) is 37.4 Å². The second-order valence-corrected chi connectivity index (χ2v) is 5.95. The largest absolute Gasteiger partial charge is 0.497 e. The molecule has 4 rings (SSSR count). The molecule has 5 heteroatoms. The van der Waals surface area contributed by atoms with Gasteiger partial charge in [-0.1, -0.05) is 18.2 Å². The van der Waals surface area contributed by atoms with Crippen LogP contribution in [0.4, 0.5) is 5.69 Å². The number of benzene rings is 2. The van der Waals surface area contributed by atoms with Gasteiger partial charge in [-0.2, -0.15) is 5.26 Å². The number of fused-ring (bicyclic) bond motifs is 3. The summed E-state index contributed by atoms with van der Waals surface area (Å²) in [5.74, 6) is 0.422. The van der Waals surface area contributed by atoms with E-state index in [9.17, 15) is 10.1 Å². The highest BCUT2D eigenvalue weighted by molar-refractivity contribution is 6.13. The number of methoxy groups -OCH3 is 1. The third-order valence-corrected chi connectivity index (χ3v) is 4.49. The molecule has 4 aromatic rings. The van der Waals surface area contributed by atoms with Crippen molar-refractivity contribution < 1.29 is 9.53 Å². The van der Waals surface area contributed by atoms with Gasteiger partial charge in [0.15, 0.2) is 0 Å². The van der Waals surface area contributed by atoms with Crippen molar-refractivity contribution in [1.82, 2.24) is 4.40 Å². The minimum atomic E-state index is -0.242. The zero-order chi connectivity index (χ0) is 18.3. The molecular formula is C21H15N3O2. The van der Waals surface area contributed by atoms with Crippen LogP contribution in [-0.2, 0) is 0 Å². The molecule has 0 radical (unpaired) electrons. The fraction of sp³-hybridized carbons (Fsp3) is 0.0476. The summed E-state index contributed by atoms with van der Waals surface area (Å²) in [6, 6.07) is 20.3. The topological polar surface area (TPSA) is 80.5 Å². The number of ether oxygens (including phenoxy) is 1. The minimum Gasteiger partial charge on any atom is -0.497 e. The Kier molecular flexibility index (Phi) is 3.59. The molecule has 0 unspecified atom stereocenters. The molecule has 0 aliphatic carbocycles. The van der Waals surface area contributed by atoms with Gasteiger partial charge in [0.1, 0.15) is 17.5 Å². The number of nitrogens with two attached hydrogens (primary N) is 1. The van der Waals surface area contributed by atoms with E-state index in [0.29, 0.717) is 17.0 Å². The molecule has 0 saturated carbocycles. The van der Waals surface area contributed by atoms with Crippen LogP contribution in [0, 0.1) is 11.3 Å². The van der Waals surface area contributed by atoms with Gasteiger partial charge < -0.3 is 14.9 Å². The Labute approximate surface area is 149 Å². The van der Waals surface area contributed by atoms with Crippen molar-refractivity contribution in [3.05, 3.63) is 77.5 Å². The van der Waals surface area contributed by atoms with Crippen LogP contribution in [0.1, 0.15) is 21.6 Å². The monoisotopic (exact) mass is 341 g/mol. The molecule has 0 amide bonds. The molecular weight excluding hydrogens is 326 g/mol. The average Bonchev–Trinajstić information content (AvgIpc) is 3.05. The van der Waals surface area contributed by atoms with Gasteiger partial charge in [0.25, 0.3) is 0 Å². The normalized spacial score (nSPS) is 10.8. The molecule has 0 bridgehead atoms. The number of nitrogen functional groups attached to an aromatic ring is 1. The molecule has 2 aromatic heterocycles. The van der Waals surface area contributed by atoms with Crippen LogP contribution in [-0.4, -0.2) is 17.3 Å². The van der Waals surface area contributed by atoms with E-state index in [-0.39, 0.29) is 17.0 Å². The van der Waals surface area contributed by atoms with Gasteiger partial charge in [0.05, 0.1) is 23.9 Å². The molecule has 2 aromatic carbocycles. The Morgan fingerprint density at radius 1 is 1.12 bits per heavy atom. The van der Waals surface area contributed by atoms with Gasteiger partial charge in [-0.15, -0.1) is 0 Å². The Hall–Kier alpha value is -3.78. The second-order valence-electron chi connectivity index (χ2n) is 5.95. The van der Waals surface area contributed by atoms with Gasteiger partial charge in [0.2, 0.25) is 5.78 Å². The number of hydrogen-bond acceptors (Lipinski definition) is 4. The number of para-hydroxylation sites is 1. The quantitative estimate of drug-likeness (QED) is 0.575. The number of pyridine rings is 1. The number of ketones is 1. The Balaban J connectivity index is 2.04. The molecule has 0 atom stereocenters. The fourth-order valence-corrected chi connectivity index (χ4v) is 3.20. The van der Waals surface area contributed by atoms with Crippen molar-refractivity contribution in [2.24, 2.45) is 0 Å². The summed E-state index contributed by atoms with van der Waals surface area (Å²) in [6.45, 7) is 0. The van der Waals surface area contributed by atoms with Crippen molar-refractivity contribution >= 4 is 27.9 Å². The maximum atomic E-state index is 13.2. The lowest BCUT2D eigenvalue weighted by atomic mass is 10.0.